The third kappa shape index (κ3) is 4.89. The summed E-state index contributed by atoms with van der Waals surface area (Å²) in [5.41, 5.74) is 0.751. The molecule has 2 N–H and O–H groups in total. The number of rotatable bonds is 7. The Morgan fingerprint density at radius 3 is 2.68 bits per heavy atom. The molecule has 0 aliphatic heterocycles. The first-order valence-corrected chi connectivity index (χ1v) is 7.15. The summed E-state index contributed by atoms with van der Waals surface area (Å²) in [6.45, 7) is 4.30. The average molecular weight is 303 g/mol. The summed E-state index contributed by atoms with van der Waals surface area (Å²) in [4.78, 5) is 16.1. The maximum atomic E-state index is 12.0. The molecule has 1 atom stereocenters. The van der Waals surface area contributed by atoms with Gasteiger partial charge in [-0.05, 0) is 38.1 Å². The molecule has 1 amide bonds. The number of aromatic nitrogens is 1. The molecular formula is C16H21N3O3. The van der Waals surface area contributed by atoms with Gasteiger partial charge in [-0.1, -0.05) is 0 Å². The van der Waals surface area contributed by atoms with E-state index in [1.54, 1.807) is 13.3 Å². The Bertz CT molecular complexity index is 607. The molecule has 0 aliphatic carbocycles. The quantitative estimate of drug-likeness (QED) is 0.822. The number of oxazole rings is 1. The van der Waals surface area contributed by atoms with Crippen molar-refractivity contribution in [2.24, 2.45) is 0 Å². The Morgan fingerprint density at radius 1 is 1.36 bits per heavy atom. The van der Waals surface area contributed by atoms with Gasteiger partial charge in [-0.15, -0.1) is 0 Å². The van der Waals surface area contributed by atoms with Crippen LogP contribution in [0.4, 0.5) is 5.69 Å². The van der Waals surface area contributed by atoms with Crippen LogP contribution in [-0.4, -0.2) is 24.0 Å². The van der Waals surface area contributed by atoms with Crippen LogP contribution in [0.1, 0.15) is 25.0 Å². The maximum absolute atomic E-state index is 12.0. The van der Waals surface area contributed by atoms with Gasteiger partial charge in [0.2, 0.25) is 11.8 Å². The topological polar surface area (TPSA) is 76.4 Å². The molecule has 0 radical (unpaired) electrons. The van der Waals surface area contributed by atoms with Crippen molar-refractivity contribution in [3.05, 3.63) is 42.1 Å². The van der Waals surface area contributed by atoms with E-state index >= 15 is 0 Å². The molecule has 2 rings (SSSR count). The van der Waals surface area contributed by atoms with Crippen LogP contribution in [-0.2, 0) is 11.3 Å². The van der Waals surface area contributed by atoms with Gasteiger partial charge in [0, 0.05) is 18.2 Å². The number of nitrogens with zero attached hydrogens (tertiary/aromatic N) is 1. The minimum atomic E-state index is -0.0475. The number of carbonyl (C=O) groups is 1. The van der Waals surface area contributed by atoms with E-state index in [0.29, 0.717) is 18.9 Å². The fourth-order valence-corrected chi connectivity index (χ4v) is 1.98. The van der Waals surface area contributed by atoms with Crippen molar-refractivity contribution in [2.75, 3.05) is 12.4 Å². The Labute approximate surface area is 129 Å². The molecule has 0 spiro atoms. The second kappa shape index (κ2) is 7.61. The van der Waals surface area contributed by atoms with E-state index in [-0.39, 0.29) is 11.9 Å². The van der Waals surface area contributed by atoms with Gasteiger partial charge in [0.05, 0.1) is 19.9 Å². The molecule has 118 valence electrons. The molecule has 0 fully saturated rings. The van der Waals surface area contributed by atoms with Crippen LogP contribution in [0, 0.1) is 6.92 Å². The van der Waals surface area contributed by atoms with Gasteiger partial charge in [0.15, 0.2) is 0 Å². The third-order valence-electron chi connectivity index (χ3n) is 3.14. The number of hydrogen-bond acceptors (Lipinski definition) is 5. The molecule has 1 heterocycles. The smallest absolute Gasteiger partial charge is 0.225 e. The van der Waals surface area contributed by atoms with Gasteiger partial charge in [0.1, 0.15) is 11.5 Å². The lowest BCUT2D eigenvalue weighted by molar-refractivity contribution is -0.116. The maximum Gasteiger partial charge on any atom is 0.225 e. The molecule has 0 aliphatic rings. The van der Waals surface area contributed by atoms with Gasteiger partial charge in [0.25, 0.3) is 0 Å². The van der Waals surface area contributed by atoms with Gasteiger partial charge in [-0.25, -0.2) is 4.98 Å². The lowest BCUT2D eigenvalue weighted by atomic mass is 10.2. The Morgan fingerprint density at radius 2 is 2.09 bits per heavy atom. The molecule has 0 saturated heterocycles. The highest BCUT2D eigenvalue weighted by Gasteiger charge is 2.10. The van der Waals surface area contributed by atoms with E-state index < -0.39 is 0 Å². The predicted molar refractivity (Wildman–Crippen MR) is 83.8 cm³/mol. The van der Waals surface area contributed by atoms with Crippen LogP contribution in [0.3, 0.4) is 0 Å². The minimum Gasteiger partial charge on any atom is -0.497 e. The number of carbonyl (C=O) groups excluding carboxylic acids is 1. The molecule has 2 aromatic rings. The summed E-state index contributed by atoms with van der Waals surface area (Å²) in [6.07, 6.45) is 2.05. The highest BCUT2D eigenvalue weighted by Crippen LogP contribution is 2.15. The van der Waals surface area contributed by atoms with Crippen LogP contribution in [0.2, 0.25) is 0 Å². The number of benzene rings is 1. The highest BCUT2D eigenvalue weighted by atomic mass is 16.5. The van der Waals surface area contributed by atoms with Crippen LogP contribution in [0.5, 0.6) is 5.75 Å². The number of methoxy groups -OCH3 is 1. The Hall–Kier alpha value is -2.34. The van der Waals surface area contributed by atoms with Crippen LogP contribution < -0.4 is 15.4 Å². The molecule has 0 unspecified atom stereocenters. The second-order valence-corrected chi connectivity index (χ2v) is 5.13. The van der Waals surface area contributed by atoms with Crippen molar-refractivity contribution in [1.29, 1.82) is 0 Å². The number of amides is 1. The summed E-state index contributed by atoms with van der Waals surface area (Å²) in [6, 6.07) is 7.25. The van der Waals surface area contributed by atoms with Crippen LogP contribution in [0.25, 0.3) is 0 Å². The fourth-order valence-electron chi connectivity index (χ4n) is 1.98. The summed E-state index contributed by atoms with van der Waals surface area (Å²) in [5, 5.41) is 6.06. The first-order valence-electron chi connectivity index (χ1n) is 7.15. The molecular weight excluding hydrogens is 282 g/mol. The monoisotopic (exact) mass is 303 g/mol. The van der Waals surface area contributed by atoms with E-state index in [0.717, 1.165) is 17.2 Å². The SMILES string of the molecule is COc1ccc(NC(=O)C[C@@H](C)NCc2ncc(C)o2)cc1. The molecule has 0 bridgehead atoms. The van der Waals surface area contributed by atoms with Gasteiger partial charge < -0.3 is 19.8 Å². The van der Waals surface area contributed by atoms with Crippen molar-refractivity contribution in [1.82, 2.24) is 10.3 Å². The minimum absolute atomic E-state index is 0.0189. The normalized spacial score (nSPS) is 12.0. The standard InChI is InChI=1S/C16H21N3O3/c1-11(17-10-16-18-9-12(2)22-16)8-15(20)19-13-4-6-14(21-3)7-5-13/h4-7,9,11,17H,8,10H2,1-3H3,(H,19,20)/t11-/m1/s1. The van der Waals surface area contributed by atoms with Crippen molar-refractivity contribution in [2.45, 2.75) is 32.9 Å². The largest absolute Gasteiger partial charge is 0.497 e. The van der Waals surface area contributed by atoms with E-state index in [9.17, 15) is 4.79 Å². The number of ether oxygens (including phenoxy) is 1. The number of hydrogen-bond donors (Lipinski definition) is 2. The van der Waals surface area contributed by atoms with E-state index in [4.69, 9.17) is 9.15 Å². The fraction of sp³-hybridized carbons (Fsp3) is 0.375. The van der Waals surface area contributed by atoms with Gasteiger partial charge >= 0.3 is 0 Å². The first-order chi connectivity index (χ1) is 10.6. The number of nitrogens with one attached hydrogen (secondary N) is 2. The van der Waals surface area contributed by atoms with Gasteiger partial charge in [-0.2, -0.15) is 0 Å². The average Bonchev–Trinajstić information content (AvgIpc) is 2.91. The molecule has 22 heavy (non-hydrogen) atoms. The molecule has 6 nitrogen and oxygen atoms in total. The Kier molecular flexibility index (Phi) is 5.55. The number of anilines is 1. The zero-order valence-electron chi connectivity index (χ0n) is 13.1. The third-order valence-corrected chi connectivity index (χ3v) is 3.14. The summed E-state index contributed by atoms with van der Waals surface area (Å²) in [7, 11) is 1.61. The number of aryl methyl sites for hydroxylation is 1. The molecule has 1 aromatic heterocycles. The molecule has 6 heteroatoms. The van der Waals surface area contributed by atoms with Crippen molar-refractivity contribution in [3.8, 4) is 5.75 Å². The molecule has 1 aromatic carbocycles. The zero-order chi connectivity index (χ0) is 15.9. The van der Waals surface area contributed by atoms with E-state index in [1.807, 2.05) is 38.1 Å². The van der Waals surface area contributed by atoms with Gasteiger partial charge in [-0.3, -0.25) is 4.79 Å². The predicted octanol–water partition coefficient (Wildman–Crippen LogP) is 2.50. The first kappa shape index (κ1) is 16.0. The lowest BCUT2D eigenvalue weighted by Crippen LogP contribution is -2.30. The van der Waals surface area contributed by atoms with E-state index in [2.05, 4.69) is 15.6 Å². The van der Waals surface area contributed by atoms with Crippen molar-refractivity contribution in [3.63, 3.8) is 0 Å². The lowest BCUT2D eigenvalue weighted by Gasteiger charge is -2.12. The zero-order valence-corrected chi connectivity index (χ0v) is 13.1. The second-order valence-electron chi connectivity index (χ2n) is 5.13. The summed E-state index contributed by atoms with van der Waals surface area (Å²) < 4.78 is 10.4. The highest BCUT2D eigenvalue weighted by molar-refractivity contribution is 5.91. The summed E-state index contributed by atoms with van der Waals surface area (Å²) >= 11 is 0. The van der Waals surface area contributed by atoms with Crippen LogP contribution in [0.15, 0.2) is 34.9 Å². The molecule has 0 saturated carbocycles. The van der Waals surface area contributed by atoms with Crippen LogP contribution >= 0.6 is 0 Å². The van der Waals surface area contributed by atoms with Crippen molar-refractivity contribution < 1.29 is 13.9 Å². The van der Waals surface area contributed by atoms with Crippen molar-refractivity contribution >= 4 is 11.6 Å². The Balaban J connectivity index is 1.75. The summed E-state index contributed by atoms with van der Waals surface area (Å²) in [5.74, 6) is 2.12. The van der Waals surface area contributed by atoms with E-state index in [1.165, 1.54) is 0 Å².